The maximum Gasteiger partial charge on any atom is 0.328 e. The summed E-state index contributed by atoms with van der Waals surface area (Å²) in [4.78, 5) is 36.4. The van der Waals surface area contributed by atoms with E-state index in [4.69, 9.17) is 9.05 Å². The van der Waals surface area contributed by atoms with Crippen LogP contribution in [0.2, 0.25) is 0 Å². The van der Waals surface area contributed by atoms with E-state index in [1.807, 2.05) is 30.3 Å². The second-order valence-electron chi connectivity index (χ2n) is 7.47. The highest BCUT2D eigenvalue weighted by Crippen LogP contribution is 2.35. The molecule has 180 valence electrons. The van der Waals surface area contributed by atoms with Gasteiger partial charge in [-0.3, -0.25) is 19.1 Å². The predicted molar refractivity (Wildman–Crippen MR) is 131 cm³/mol. The normalized spacial score (nSPS) is 18.7. The van der Waals surface area contributed by atoms with E-state index in [2.05, 4.69) is 43.7 Å². The summed E-state index contributed by atoms with van der Waals surface area (Å²) in [5.41, 5.74) is -0.0537. The molecular weight excluding hydrogens is 513 g/mol. The van der Waals surface area contributed by atoms with Crippen molar-refractivity contribution in [3.63, 3.8) is 0 Å². The van der Waals surface area contributed by atoms with Crippen LogP contribution in [-0.2, 0) is 14.1 Å². The van der Waals surface area contributed by atoms with E-state index in [0.717, 1.165) is 10.9 Å². The number of hydrogen-bond donors (Lipinski definition) is 2. The third kappa shape index (κ3) is 7.92. The molecule has 9 nitrogen and oxygen atoms in total. The SMILES string of the molecule is COC(=O)[C@H](C)NP(OC)Oc1ccc(Br)cc1.Cc1cn(C2C=CCC2C)c(=O)[nH]c1=O. The van der Waals surface area contributed by atoms with E-state index in [0.29, 0.717) is 17.2 Å². The zero-order chi connectivity index (χ0) is 24.5. The van der Waals surface area contributed by atoms with Gasteiger partial charge in [-0.05, 0) is 50.5 Å². The molecule has 0 spiro atoms. The Hall–Kier alpha value is -2.26. The summed E-state index contributed by atoms with van der Waals surface area (Å²) in [6.07, 6.45) is 6.71. The molecule has 0 saturated carbocycles. The third-order valence-electron chi connectivity index (χ3n) is 4.91. The number of nitrogens with one attached hydrogen (secondary N) is 2. The van der Waals surface area contributed by atoms with Gasteiger partial charge in [-0.1, -0.05) is 35.0 Å². The molecule has 3 rings (SSSR count). The molecule has 33 heavy (non-hydrogen) atoms. The van der Waals surface area contributed by atoms with Crippen molar-refractivity contribution in [2.45, 2.75) is 39.3 Å². The standard InChI is InChI=1S/C11H15BrNO4P.C11H14N2O2/c1-8(11(14)15-2)13-18(16-3)17-10-6-4-9(12)5-7-10;1-7-4-3-5-9(7)13-6-8(2)10(14)12-11(13)15/h4-8,13H,1-3H3;3,5-7,9H,4H2,1-2H3,(H,12,14,15)/t8-,18?;/m0./s1. The molecule has 1 aliphatic carbocycles. The molecule has 1 aromatic carbocycles. The van der Waals surface area contributed by atoms with Crippen LogP contribution in [-0.4, -0.2) is 35.8 Å². The maximum absolute atomic E-state index is 11.6. The smallest absolute Gasteiger partial charge is 0.328 e. The quantitative estimate of drug-likeness (QED) is 0.311. The minimum Gasteiger partial charge on any atom is -0.468 e. The summed E-state index contributed by atoms with van der Waals surface area (Å²) in [5, 5.41) is 2.91. The van der Waals surface area contributed by atoms with Crippen molar-refractivity contribution < 1.29 is 18.6 Å². The highest BCUT2D eigenvalue weighted by molar-refractivity contribution is 9.10. The summed E-state index contributed by atoms with van der Waals surface area (Å²) in [6, 6.07) is 6.93. The van der Waals surface area contributed by atoms with E-state index in [1.165, 1.54) is 14.2 Å². The van der Waals surface area contributed by atoms with E-state index >= 15 is 0 Å². The molecule has 3 unspecified atom stereocenters. The zero-order valence-corrected chi connectivity index (χ0v) is 21.7. The number of allylic oxidation sites excluding steroid dienone is 2. The number of benzene rings is 1. The lowest BCUT2D eigenvalue weighted by atomic mass is 10.1. The first-order chi connectivity index (χ1) is 15.7. The number of hydrogen-bond acceptors (Lipinski definition) is 7. The number of aryl methyl sites for hydroxylation is 1. The topological polar surface area (TPSA) is 112 Å². The zero-order valence-electron chi connectivity index (χ0n) is 19.2. The molecule has 1 aromatic heterocycles. The van der Waals surface area contributed by atoms with Crippen molar-refractivity contribution in [3.05, 3.63) is 73.5 Å². The van der Waals surface area contributed by atoms with Gasteiger partial charge in [-0.25, -0.2) is 9.88 Å². The van der Waals surface area contributed by atoms with Crippen LogP contribution in [0, 0.1) is 12.8 Å². The van der Waals surface area contributed by atoms with Gasteiger partial charge in [0, 0.05) is 23.3 Å². The fourth-order valence-electron chi connectivity index (χ4n) is 3.03. The number of esters is 1. The van der Waals surface area contributed by atoms with Crippen molar-refractivity contribution in [1.82, 2.24) is 14.6 Å². The molecule has 0 bridgehead atoms. The van der Waals surface area contributed by atoms with E-state index in [9.17, 15) is 14.4 Å². The Labute approximate surface area is 202 Å². The lowest BCUT2D eigenvalue weighted by Gasteiger charge is -2.19. The molecule has 0 fully saturated rings. The molecule has 2 N–H and O–H groups in total. The van der Waals surface area contributed by atoms with Gasteiger partial charge in [-0.15, -0.1) is 0 Å². The molecule has 1 aliphatic rings. The number of rotatable bonds is 7. The minimum atomic E-state index is -1.39. The number of H-pyrrole nitrogens is 1. The van der Waals surface area contributed by atoms with Gasteiger partial charge in [0.1, 0.15) is 11.8 Å². The molecule has 0 saturated heterocycles. The summed E-state index contributed by atoms with van der Waals surface area (Å²) >= 11 is 3.34. The second-order valence-corrected chi connectivity index (χ2v) is 9.71. The predicted octanol–water partition coefficient (Wildman–Crippen LogP) is 3.83. The van der Waals surface area contributed by atoms with Gasteiger partial charge in [-0.2, -0.15) is 0 Å². The van der Waals surface area contributed by atoms with E-state index < -0.39 is 14.6 Å². The number of halogens is 1. The van der Waals surface area contributed by atoms with Crippen LogP contribution in [0.15, 0.2) is 56.7 Å². The average molecular weight is 542 g/mol. The average Bonchev–Trinajstić information content (AvgIpc) is 3.22. The first-order valence-corrected chi connectivity index (χ1v) is 12.2. The molecule has 2 aromatic rings. The van der Waals surface area contributed by atoms with Gasteiger partial charge in [0.25, 0.3) is 5.56 Å². The second kappa shape index (κ2) is 12.8. The van der Waals surface area contributed by atoms with E-state index in [-0.39, 0.29) is 23.3 Å². The molecule has 1 heterocycles. The summed E-state index contributed by atoms with van der Waals surface area (Å²) in [5.74, 6) is 0.711. The monoisotopic (exact) mass is 541 g/mol. The lowest BCUT2D eigenvalue weighted by molar-refractivity contribution is -0.142. The molecule has 0 radical (unpaired) electrons. The molecule has 11 heteroatoms. The van der Waals surface area contributed by atoms with Crippen molar-refractivity contribution in [2.75, 3.05) is 14.2 Å². The van der Waals surface area contributed by atoms with Crippen LogP contribution < -0.4 is 20.9 Å². The van der Waals surface area contributed by atoms with Gasteiger partial charge in [0.05, 0.1) is 13.2 Å². The van der Waals surface area contributed by atoms with Crippen molar-refractivity contribution in [3.8, 4) is 5.75 Å². The van der Waals surface area contributed by atoms with Crippen LogP contribution >= 0.6 is 24.5 Å². The fourth-order valence-corrected chi connectivity index (χ4v) is 4.26. The van der Waals surface area contributed by atoms with Gasteiger partial charge < -0.3 is 13.8 Å². The molecule has 0 amide bonds. The number of aromatic amines is 1. The number of nitrogens with zero attached hydrogens (tertiary/aromatic N) is 1. The largest absolute Gasteiger partial charge is 0.468 e. The Morgan fingerprint density at radius 1 is 1.27 bits per heavy atom. The van der Waals surface area contributed by atoms with E-state index in [1.54, 1.807) is 24.6 Å². The van der Waals surface area contributed by atoms with Crippen LogP contribution in [0.1, 0.15) is 31.9 Å². The van der Waals surface area contributed by atoms with Gasteiger partial charge in [0.15, 0.2) is 0 Å². The third-order valence-corrected chi connectivity index (χ3v) is 6.75. The van der Waals surface area contributed by atoms with Crippen LogP contribution in [0.3, 0.4) is 0 Å². The Balaban J connectivity index is 0.000000237. The number of carbonyl (C=O) groups excluding carboxylic acids is 1. The fraction of sp³-hybridized carbons (Fsp3) is 0.409. The first-order valence-electron chi connectivity index (χ1n) is 10.3. The first kappa shape index (κ1) is 27.0. The molecule has 0 aliphatic heterocycles. The van der Waals surface area contributed by atoms with Crippen molar-refractivity contribution >= 4 is 30.4 Å². The summed E-state index contributed by atoms with van der Waals surface area (Å²) in [6.45, 7) is 5.49. The Bertz CT molecular complexity index is 1070. The Morgan fingerprint density at radius 2 is 1.94 bits per heavy atom. The number of ether oxygens (including phenoxy) is 1. The number of aromatic nitrogens is 2. The number of methoxy groups -OCH3 is 1. The van der Waals surface area contributed by atoms with Gasteiger partial charge >= 0.3 is 20.2 Å². The summed E-state index contributed by atoms with van der Waals surface area (Å²) < 4.78 is 17.9. The van der Waals surface area contributed by atoms with Crippen LogP contribution in [0.25, 0.3) is 0 Å². The highest BCUT2D eigenvalue weighted by Gasteiger charge is 2.22. The van der Waals surface area contributed by atoms with Crippen LogP contribution in [0.5, 0.6) is 5.75 Å². The molecule has 4 atom stereocenters. The maximum atomic E-state index is 11.6. The Morgan fingerprint density at radius 3 is 2.48 bits per heavy atom. The summed E-state index contributed by atoms with van der Waals surface area (Å²) in [7, 11) is 1.47. The van der Waals surface area contributed by atoms with Crippen LogP contribution in [0.4, 0.5) is 0 Å². The minimum absolute atomic E-state index is 0.0769. The Kier molecular flexibility index (Phi) is 10.5. The highest BCUT2D eigenvalue weighted by atomic mass is 79.9. The van der Waals surface area contributed by atoms with Crippen molar-refractivity contribution in [2.24, 2.45) is 5.92 Å². The van der Waals surface area contributed by atoms with Gasteiger partial charge in [0.2, 0.25) is 0 Å². The van der Waals surface area contributed by atoms with Crippen molar-refractivity contribution in [1.29, 1.82) is 0 Å². The lowest BCUT2D eigenvalue weighted by Crippen LogP contribution is -2.33. The number of carbonyl (C=O) groups is 1. The molecular formula is C22H29BrN3O6P.